The van der Waals surface area contributed by atoms with Crippen molar-refractivity contribution < 1.29 is 13.5 Å². The number of oxazole rings is 1. The van der Waals surface area contributed by atoms with Gasteiger partial charge in [0.05, 0.1) is 24.1 Å². The largest absolute Gasteiger partial charge is 0.423 e. The molecule has 1 saturated heterocycles. The Kier molecular flexibility index (Phi) is 6.89. The summed E-state index contributed by atoms with van der Waals surface area (Å²) in [4.78, 5) is 19.8. The van der Waals surface area contributed by atoms with Crippen LogP contribution < -0.4 is 4.90 Å². The molecule has 1 unspecified atom stereocenters. The number of fused-ring (bicyclic) bond motifs is 2. The minimum atomic E-state index is -1.14. The maximum absolute atomic E-state index is 14.4. The molecule has 5 aromatic rings. The molecule has 0 saturated carbocycles. The van der Waals surface area contributed by atoms with Gasteiger partial charge in [-0.05, 0) is 18.5 Å². The molecule has 1 aliphatic rings. The van der Waals surface area contributed by atoms with Crippen LogP contribution in [0.3, 0.4) is 0 Å². The molecule has 1 fully saturated rings. The normalized spacial score (nSPS) is 17.0. The Morgan fingerprint density at radius 1 is 1.21 bits per heavy atom. The van der Waals surface area contributed by atoms with Crippen LogP contribution in [0.4, 0.5) is 10.4 Å². The van der Waals surface area contributed by atoms with Crippen LogP contribution in [0.2, 0.25) is 25.7 Å². The smallest absolute Gasteiger partial charge is 0.298 e. The zero-order chi connectivity index (χ0) is 27.0. The molecule has 0 N–H and O–H groups in total. The Bertz CT molecular complexity index is 1540. The summed E-state index contributed by atoms with van der Waals surface area (Å²) in [5.74, 6) is 0.0655. The van der Waals surface area contributed by atoms with Gasteiger partial charge < -0.3 is 18.6 Å². The molecule has 204 valence electrons. The lowest BCUT2D eigenvalue weighted by atomic mass is 10.0. The van der Waals surface area contributed by atoms with Gasteiger partial charge in [0.2, 0.25) is 0 Å². The molecule has 10 nitrogen and oxygen atoms in total. The topological polar surface area (TPSA) is 99.9 Å². The van der Waals surface area contributed by atoms with Gasteiger partial charge in [0.25, 0.3) is 6.01 Å². The standard InChI is InChI=1S/C27H33FN8O2Si/c1-39(2,3)11-10-37-18-35-9-6-21-25(30-17-31-26(21)35)20-13-32-36(16-20)23(12-28)19-5-8-34(15-19)27-33-22-14-29-7-4-24(22)38-27/h4,6-7,9,13-14,16-17,19,23H,5,8,10-12,15,18H2,1-3H3/t19-,23?/m0/s1. The highest BCUT2D eigenvalue weighted by Crippen LogP contribution is 2.34. The highest BCUT2D eigenvalue weighted by molar-refractivity contribution is 6.76. The summed E-state index contributed by atoms with van der Waals surface area (Å²) in [6.07, 6.45) is 11.4. The second kappa shape index (κ2) is 10.5. The molecule has 0 bridgehead atoms. The van der Waals surface area contributed by atoms with E-state index in [1.807, 2.05) is 23.0 Å². The van der Waals surface area contributed by atoms with Crippen molar-refractivity contribution in [2.75, 3.05) is 31.3 Å². The van der Waals surface area contributed by atoms with Crippen LogP contribution in [0, 0.1) is 5.92 Å². The van der Waals surface area contributed by atoms with E-state index in [9.17, 15) is 4.39 Å². The number of pyridine rings is 1. The number of alkyl halides is 1. The quantitative estimate of drug-likeness (QED) is 0.174. The zero-order valence-electron chi connectivity index (χ0n) is 22.5. The van der Waals surface area contributed by atoms with Gasteiger partial charge >= 0.3 is 0 Å². The van der Waals surface area contributed by atoms with Crippen molar-refractivity contribution in [3.8, 4) is 11.3 Å². The van der Waals surface area contributed by atoms with Crippen LogP contribution in [-0.4, -0.2) is 68.7 Å². The number of nitrogens with zero attached hydrogens (tertiary/aromatic N) is 8. The van der Waals surface area contributed by atoms with Crippen LogP contribution >= 0.6 is 0 Å². The fourth-order valence-corrected chi connectivity index (χ4v) is 5.87. The Morgan fingerprint density at radius 3 is 2.92 bits per heavy atom. The lowest BCUT2D eigenvalue weighted by Gasteiger charge is -2.21. The number of ether oxygens (including phenoxy) is 1. The van der Waals surface area contributed by atoms with E-state index in [1.165, 1.54) is 0 Å². The zero-order valence-corrected chi connectivity index (χ0v) is 23.5. The van der Waals surface area contributed by atoms with E-state index in [2.05, 4.69) is 49.6 Å². The molecule has 39 heavy (non-hydrogen) atoms. The van der Waals surface area contributed by atoms with E-state index >= 15 is 0 Å². The first kappa shape index (κ1) is 25.6. The maximum atomic E-state index is 14.4. The first-order chi connectivity index (χ1) is 18.9. The van der Waals surface area contributed by atoms with E-state index in [-0.39, 0.29) is 5.92 Å². The molecule has 6 rings (SSSR count). The molecular weight excluding hydrogens is 515 g/mol. The SMILES string of the molecule is C[Si](C)(C)CCOCn1ccc2c(-c3cnn(C(CF)[C@H]4CCN(c5nc6cnccc6o5)C4)c3)ncnc21. The predicted molar refractivity (Wildman–Crippen MR) is 150 cm³/mol. The summed E-state index contributed by atoms with van der Waals surface area (Å²) in [7, 11) is -1.14. The molecular formula is C27H33FN8O2Si. The lowest BCUT2D eigenvalue weighted by molar-refractivity contribution is 0.0899. The van der Waals surface area contributed by atoms with Crippen molar-refractivity contribution in [3.63, 3.8) is 0 Å². The van der Waals surface area contributed by atoms with Gasteiger partial charge in [-0.2, -0.15) is 10.1 Å². The number of halogens is 1. The minimum Gasteiger partial charge on any atom is -0.423 e. The minimum absolute atomic E-state index is 0.0655. The van der Waals surface area contributed by atoms with Gasteiger partial charge in [0.1, 0.15) is 30.9 Å². The van der Waals surface area contributed by atoms with Crippen LogP contribution in [0.15, 0.2) is 53.9 Å². The maximum Gasteiger partial charge on any atom is 0.298 e. The van der Waals surface area contributed by atoms with E-state index < -0.39 is 20.8 Å². The average Bonchev–Trinajstić information content (AvgIpc) is 3.72. The first-order valence-electron chi connectivity index (χ1n) is 13.3. The van der Waals surface area contributed by atoms with Crippen LogP contribution in [-0.2, 0) is 11.5 Å². The summed E-state index contributed by atoms with van der Waals surface area (Å²) < 4.78 is 30.0. The highest BCUT2D eigenvalue weighted by atomic mass is 28.3. The van der Waals surface area contributed by atoms with Gasteiger partial charge in [-0.3, -0.25) is 9.67 Å². The third kappa shape index (κ3) is 5.30. The first-order valence-corrected chi connectivity index (χ1v) is 17.0. The molecule has 0 spiro atoms. The Labute approximate surface area is 226 Å². The van der Waals surface area contributed by atoms with Crippen molar-refractivity contribution in [1.82, 2.24) is 34.3 Å². The van der Waals surface area contributed by atoms with Gasteiger partial charge in [-0.15, -0.1) is 0 Å². The van der Waals surface area contributed by atoms with Gasteiger partial charge in [-0.25, -0.2) is 14.4 Å². The molecule has 0 radical (unpaired) electrons. The second-order valence-corrected chi connectivity index (χ2v) is 17.0. The van der Waals surface area contributed by atoms with Crippen molar-refractivity contribution in [1.29, 1.82) is 0 Å². The van der Waals surface area contributed by atoms with Crippen molar-refractivity contribution in [2.24, 2.45) is 5.92 Å². The summed E-state index contributed by atoms with van der Waals surface area (Å²) in [6.45, 7) is 9.09. The third-order valence-corrected chi connectivity index (χ3v) is 9.08. The van der Waals surface area contributed by atoms with E-state index in [4.69, 9.17) is 9.15 Å². The predicted octanol–water partition coefficient (Wildman–Crippen LogP) is 5.18. The molecule has 0 amide bonds. The number of rotatable bonds is 10. The molecule has 1 aliphatic heterocycles. The summed E-state index contributed by atoms with van der Waals surface area (Å²) in [6, 6.07) is 5.08. The molecule has 5 aromatic heterocycles. The second-order valence-electron chi connectivity index (χ2n) is 11.4. The summed E-state index contributed by atoms with van der Waals surface area (Å²) in [5, 5.41) is 5.48. The van der Waals surface area contributed by atoms with E-state index in [0.29, 0.717) is 24.9 Å². The highest BCUT2D eigenvalue weighted by Gasteiger charge is 2.33. The Hall–Kier alpha value is -3.64. The van der Waals surface area contributed by atoms with Crippen LogP contribution in [0.25, 0.3) is 33.4 Å². The lowest BCUT2D eigenvalue weighted by Crippen LogP contribution is -2.26. The monoisotopic (exact) mass is 548 g/mol. The van der Waals surface area contributed by atoms with Crippen LogP contribution in [0.5, 0.6) is 0 Å². The number of anilines is 1. The van der Waals surface area contributed by atoms with Crippen molar-refractivity contribution in [3.05, 3.63) is 49.4 Å². The molecule has 0 aliphatic carbocycles. The Morgan fingerprint density at radius 2 is 2.10 bits per heavy atom. The Balaban J connectivity index is 1.17. The van der Waals surface area contributed by atoms with Gasteiger partial charge in [0.15, 0.2) is 5.58 Å². The van der Waals surface area contributed by atoms with Gasteiger partial charge in [-0.1, -0.05) is 19.6 Å². The van der Waals surface area contributed by atoms with Crippen LogP contribution in [0.1, 0.15) is 12.5 Å². The van der Waals surface area contributed by atoms with Crippen molar-refractivity contribution in [2.45, 2.75) is 44.9 Å². The number of hydrogen-bond donors (Lipinski definition) is 0. The van der Waals surface area contributed by atoms with E-state index in [0.717, 1.165) is 53.4 Å². The number of aromatic nitrogens is 7. The molecule has 12 heteroatoms. The fourth-order valence-electron chi connectivity index (χ4n) is 5.11. The van der Waals surface area contributed by atoms with Crippen molar-refractivity contribution >= 4 is 36.2 Å². The molecule has 0 aromatic carbocycles. The number of hydrogen-bond acceptors (Lipinski definition) is 8. The average molecular weight is 549 g/mol. The summed E-state index contributed by atoms with van der Waals surface area (Å²) >= 11 is 0. The third-order valence-electron chi connectivity index (χ3n) is 7.37. The van der Waals surface area contributed by atoms with E-state index in [1.54, 1.807) is 35.7 Å². The van der Waals surface area contributed by atoms with Gasteiger partial charge in [0, 0.05) is 69.3 Å². The molecule has 6 heterocycles. The summed E-state index contributed by atoms with van der Waals surface area (Å²) in [5.41, 5.74) is 3.84. The fraction of sp³-hybridized carbons (Fsp3) is 0.444. The molecule has 2 atom stereocenters.